The highest BCUT2D eigenvalue weighted by Crippen LogP contribution is 2.25. The number of rotatable bonds is 6. The van der Waals surface area contributed by atoms with E-state index in [1.807, 2.05) is 42.6 Å². The molecule has 8 nitrogen and oxygen atoms in total. The zero-order valence-corrected chi connectivity index (χ0v) is 16.4. The lowest BCUT2D eigenvalue weighted by Gasteiger charge is -2.35. The fourth-order valence-electron chi connectivity index (χ4n) is 3.81. The molecule has 29 heavy (non-hydrogen) atoms. The van der Waals surface area contributed by atoms with Gasteiger partial charge >= 0.3 is 0 Å². The summed E-state index contributed by atoms with van der Waals surface area (Å²) in [4.78, 5) is 26.9. The van der Waals surface area contributed by atoms with Gasteiger partial charge in [-0.3, -0.25) is 4.79 Å². The number of benzene rings is 1. The monoisotopic (exact) mass is 394 g/mol. The number of piperidine rings is 1. The van der Waals surface area contributed by atoms with Crippen molar-refractivity contribution in [2.24, 2.45) is 0 Å². The van der Waals surface area contributed by atoms with Crippen LogP contribution in [0.15, 0.2) is 48.9 Å². The molecule has 4 N–H and O–H groups in total. The Kier molecular flexibility index (Phi) is 5.62. The number of nitrogens with zero attached hydrogens (tertiary/aromatic N) is 3. The van der Waals surface area contributed by atoms with Gasteiger partial charge in [-0.25, -0.2) is 9.97 Å². The van der Waals surface area contributed by atoms with Crippen molar-refractivity contribution < 1.29 is 9.90 Å². The van der Waals surface area contributed by atoms with Crippen molar-refractivity contribution in [2.45, 2.75) is 38.0 Å². The summed E-state index contributed by atoms with van der Waals surface area (Å²) in [6.07, 6.45) is 4.43. The van der Waals surface area contributed by atoms with E-state index in [2.05, 4.69) is 30.5 Å². The summed E-state index contributed by atoms with van der Waals surface area (Å²) < 4.78 is 0. The quantitative estimate of drug-likeness (QED) is 0.509. The highest BCUT2D eigenvalue weighted by atomic mass is 16.3. The average molecular weight is 394 g/mol. The Morgan fingerprint density at radius 3 is 2.90 bits per heavy atom. The number of fused-ring (bicyclic) bond motifs is 1. The second-order valence-corrected chi connectivity index (χ2v) is 7.46. The molecule has 4 rings (SSSR count). The van der Waals surface area contributed by atoms with Gasteiger partial charge in [-0.15, -0.1) is 0 Å². The van der Waals surface area contributed by atoms with Crippen molar-refractivity contribution in [3.63, 3.8) is 0 Å². The molecule has 1 aromatic carbocycles. The van der Waals surface area contributed by atoms with E-state index in [0.717, 1.165) is 41.9 Å². The Bertz CT molecular complexity index is 958. The van der Waals surface area contributed by atoms with Crippen LogP contribution < -0.4 is 15.5 Å². The average Bonchev–Trinajstić information content (AvgIpc) is 3.21. The molecule has 3 heterocycles. The lowest BCUT2D eigenvalue weighted by atomic mass is 10.0. The van der Waals surface area contributed by atoms with E-state index in [4.69, 9.17) is 0 Å². The van der Waals surface area contributed by atoms with Crippen LogP contribution in [-0.4, -0.2) is 57.2 Å². The molecule has 2 aromatic heterocycles. The van der Waals surface area contributed by atoms with Gasteiger partial charge in [-0.1, -0.05) is 18.2 Å². The van der Waals surface area contributed by atoms with Gasteiger partial charge in [0.1, 0.15) is 23.8 Å². The summed E-state index contributed by atoms with van der Waals surface area (Å²) in [5.74, 6) is 0.676. The molecule has 0 radical (unpaired) electrons. The van der Waals surface area contributed by atoms with Crippen molar-refractivity contribution in [3.05, 3.63) is 48.9 Å². The Hall–Kier alpha value is -3.13. The van der Waals surface area contributed by atoms with Gasteiger partial charge in [0.05, 0.1) is 11.5 Å². The van der Waals surface area contributed by atoms with Crippen LogP contribution >= 0.6 is 0 Å². The van der Waals surface area contributed by atoms with Crippen LogP contribution in [0.25, 0.3) is 11.0 Å². The van der Waals surface area contributed by atoms with Crippen LogP contribution in [0.5, 0.6) is 0 Å². The van der Waals surface area contributed by atoms with E-state index in [1.165, 1.54) is 0 Å². The smallest absolute Gasteiger partial charge is 0.245 e. The predicted molar refractivity (Wildman–Crippen MR) is 113 cm³/mol. The minimum Gasteiger partial charge on any atom is -0.391 e. The Balaban J connectivity index is 1.44. The fourth-order valence-corrected chi connectivity index (χ4v) is 3.81. The zero-order chi connectivity index (χ0) is 20.2. The Labute approximate surface area is 169 Å². The standard InChI is InChI=1S/C21H26N6O2/c1-14(28)18(25-15-6-3-2-4-7-15)21(29)26-16-8-5-11-27(12-16)20-17-9-10-22-19(17)23-13-24-20/h2-4,6-7,9-10,13-14,16,18,25,28H,5,8,11-12H2,1H3,(H,26,29)(H,22,23,24)/t14-,16-,18-/m1/s1. The van der Waals surface area contributed by atoms with Crippen molar-refractivity contribution in [2.75, 3.05) is 23.3 Å². The number of amides is 1. The summed E-state index contributed by atoms with van der Waals surface area (Å²) in [5, 5.41) is 17.4. The maximum absolute atomic E-state index is 12.9. The molecule has 152 valence electrons. The summed E-state index contributed by atoms with van der Waals surface area (Å²) >= 11 is 0. The highest BCUT2D eigenvalue weighted by Gasteiger charge is 2.29. The topological polar surface area (TPSA) is 106 Å². The third kappa shape index (κ3) is 4.32. The molecule has 8 heteroatoms. The predicted octanol–water partition coefficient (Wildman–Crippen LogP) is 1.90. The van der Waals surface area contributed by atoms with Gasteiger partial charge in [-0.05, 0) is 38.0 Å². The van der Waals surface area contributed by atoms with Crippen LogP contribution in [0.1, 0.15) is 19.8 Å². The van der Waals surface area contributed by atoms with Crippen LogP contribution in [0.4, 0.5) is 11.5 Å². The van der Waals surface area contributed by atoms with Gasteiger partial charge in [0, 0.05) is 31.0 Å². The molecule has 1 saturated heterocycles. The molecular formula is C21H26N6O2. The summed E-state index contributed by atoms with van der Waals surface area (Å²) in [5.41, 5.74) is 1.61. The summed E-state index contributed by atoms with van der Waals surface area (Å²) in [6, 6.07) is 10.7. The number of carbonyl (C=O) groups excluding carboxylic acids is 1. The van der Waals surface area contributed by atoms with Gasteiger partial charge < -0.3 is 25.6 Å². The summed E-state index contributed by atoms with van der Waals surface area (Å²) in [6.45, 7) is 3.17. The maximum atomic E-state index is 12.9. The summed E-state index contributed by atoms with van der Waals surface area (Å²) in [7, 11) is 0. The molecule has 0 bridgehead atoms. The molecule has 1 aliphatic rings. The van der Waals surface area contributed by atoms with Gasteiger partial charge in [0.2, 0.25) is 5.91 Å². The first-order chi connectivity index (χ1) is 14.1. The van der Waals surface area contributed by atoms with Crippen LogP contribution in [0, 0.1) is 0 Å². The van der Waals surface area contributed by atoms with E-state index in [9.17, 15) is 9.90 Å². The highest BCUT2D eigenvalue weighted by molar-refractivity contribution is 5.88. The first-order valence-electron chi connectivity index (χ1n) is 9.95. The molecule has 0 aliphatic carbocycles. The molecule has 0 saturated carbocycles. The molecule has 3 aromatic rings. The molecule has 1 fully saturated rings. The molecule has 1 aliphatic heterocycles. The van der Waals surface area contributed by atoms with Crippen molar-refractivity contribution >= 4 is 28.4 Å². The van der Waals surface area contributed by atoms with E-state index >= 15 is 0 Å². The largest absolute Gasteiger partial charge is 0.391 e. The number of anilines is 2. The molecular weight excluding hydrogens is 368 g/mol. The number of H-pyrrole nitrogens is 1. The number of aliphatic hydroxyl groups excluding tert-OH is 1. The fraction of sp³-hybridized carbons (Fsp3) is 0.381. The number of carbonyl (C=O) groups is 1. The third-order valence-electron chi connectivity index (χ3n) is 5.26. The number of hydrogen-bond donors (Lipinski definition) is 4. The van der Waals surface area contributed by atoms with E-state index in [1.54, 1.807) is 13.3 Å². The SMILES string of the molecule is C[C@@H](O)[C@@H](Nc1ccccc1)C(=O)N[C@@H]1CCCN(c2ncnc3[nH]ccc23)C1. The lowest BCUT2D eigenvalue weighted by Crippen LogP contribution is -2.54. The molecule has 0 unspecified atom stereocenters. The van der Waals surface area contributed by atoms with Crippen molar-refractivity contribution in [3.8, 4) is 0 Å². The number of aromatic nitrogens is 3. The van der Waals surface area contributed by atoms with Gasteiger partial charge in [-0.2, -0.15) is 0 Å². The van der Waals surface area contributed by atoms with Crippen LogP contribution in [0.2, 0.25) is 0 Å². The van der Waals surface area contributed by atoms with E-state index < -0.39 is 12.1 Å². The van der Waals surface area contributed by atoms with Crippen LogP contribution in [0.3, 0.4) is 0 Å². The number of nitrogens with one attached hydrogen (secondary N) is 3. The normalized spacial score (nSPS) is 19.0. The van der Waals surface area contributed by atoms with Crippen molar-refractivity contribution in [1.29, 1.82) is 0 Å². The number of aliphatic hydroxyl groups is 1. The molecule has 1 amide bonds. The second-order valence-electron chi connectivity index (χ2n) is 7.46. The zero-order valence-electron chi connectivity index (χ0n) is 16.4. The minimum atomic E-state index is -0.823. The maximum Gasteiger partial charge on any atom is 0.245 e. The first kappa shape index (κ1) is 19.2. The number of hydrogen-bond acceptors (Lipinski definition) is 6. The minimum absolute atomic E-state index is 0.0148. The van der Waals surface area contributed by atoms with Gasteiger partial charge in [0.25, 0.3) is 0 Å². The number of para-hydroxylation sites is 1. The van der Waals surface area contributed by atoms with Gasteiger partial charge in [0.15, 0.2) is 0 Å². The molecule has 3 atom stereocenters. The lowest BCUT2D eigenvalue weighted by molar-refractivity contribution is -0.124. The number of aromatic amines is 1. The molecule has 0 spiro atoms. The third-order valence-corrected chi connectivity index (χ3v) is 5.26. The van der Waals surface area contributed by atoms with E-state index in [-0.39, 0.29) is 11.9 Å². The van der Waals surface area contributed by atoms with Crippen LogP contribution in [-0.2, 0) is 4.79 Å². The second kappa shape index (κ2) is 8.48. The Morgan fingerprint density at radius 1 is 1.28 bits per heavy atom. The van der Waals surface area contributed by atoms with Crippen molar-refractivity contribution in [1.82, 2.24) is 20.3 Å². The Morgan fingerprint density at radius 2 is 2.10 bits per heavy atom. The first-order valence-corrected chi connectivity index (χ1v) is 9.95. The van der Waals surface area contributed by atoms with E-state index in [0.29, 0.717) is 6.54 Å².